The van der Waals surface area contributed by atoms with Crippen LogP contribution in [0.25, 0.3) is 0 Å². The SMILES string of the molecule is CCCCOc1ncccc1CNC(=O)c1ccc(S(=O)(=O)NC(C)C)cc1. The maximum Gasteiger partial charge on any atom is 0.251 e. The van der Waals surface area contributed by atoms with Crippen molar-refractivity contribution in [3.05, 3.63) is 53.7 Å². The molecule has 2 aromatic rings. The summed E-state index contributed by atoms with van der Waals surface area (Å²) >= 11 is 0. The van der Waals surface area contributed by atoms with Crippen LogP contribution in [0.3, 0.4) is 0 Å². The molecule has 1 aromatic carbocycles. The minimum atomic E-state index is -3.58. The second-order valence-electron chi connectivity index (χ2n) is 6.65. The van der Waals surface area contributed by atoms with Gasteiger partial charge in [0.25, 0.3) is 5.91 Å². The molecule has 7 nitrogen and oxygen atoms in total. The van der Waals surface area contributed by atoms with Crippen LogP contribution < -0.4 is 14.8 Å². The van der Waals surface area contributed by atoms with Gasteiger partial charge in [0.2, 0.25) is 15.9 Å². The molecule has 0 saturated heterocycles. The molecule has 2 rings (SSSR count). The minimum absolute atomic E-state index is 0.122. The molecule has 0 aliphatic rings. The lowest BCUT2D eigenvalue weighted by molar-refractivity contribution is 0.0950. The number of benzene rings is 1. The molecular formula is C20H27N3O4S. The summed E-state index contributed by atoms with van der Waals surface area (Å²) in [5.41, 5.74) is 1.16. The summed E-state index contributed by atoms with van der Waals surface area (Å²) in [4.78, 5) is 16.7. The molecule has 8 heteroatoms. The van der Waals surface area contributed by atoms with Gasteiger partial charge in [-0.25, -0.2) is 18.1 Å². The van der Waals surface area contributed by atoms with Gasteiger partial charge in [-0.3, -0.25) is 4.79 Å². The van der Waals surface area contributed by atoms with Gasteiger partial charge in [-0.2, -0.15) is 0 Å². The first-order valence-electron chi connectivity index (χ1n) is 9.30. The van der Waals surface area contributed by atoms with Crippen molar-refractivity contribution in [2.24, 2.45) is 0 Å². The summed E-state index contributed by atoms with van der Waals surface area (Å²) in [5, 5.41) is 2.81. The number of ether oxygens (including phenoxy) is 1. The van der Waals surface area contributed by atoms with Crippen LogP contribution in [0.15, 0.2) is 47.5 Å². The van der Waals surface area contributed by atoms with Gasteiger partial charge in [0.05, 0.1) is 11.5 Å². The first kappa shape index (κ1) is 21.8. The fourth-order valence-corrected chi connectivity index (χ4v) is 3.69. The van der Waals surface area contributed by atoms with Gasteiger partial charge in [0, 0.05) is 29.9 Å². The smallest absolute Gasteiger partial charge is 0.251 e. The molecule has 0 spiro atoms. The van der Waals surface area contributed by atoms with Gasteiger partial charge in [-0.05, 0) is 50.6 Å². The third kappa shape index (κ3) is 6.31. The second-order valence-corrected chi connectivity index (χ2v) is 8.37. The van der Waals surface area contributed by atoms with Gasteiger partial charge in [-0.15, -0.1) is 0 Å². The summed E-state index contributed by atoms with van der Waals surface area (Å²) in [6, 6.07) is 9.25. The maximum absolute atomic E-state index is 12.4. The predicted molar refractivity (Wildman–Crippen MR) is 108 cm³/mol. The minimum Gasteiger partial charge on any atom is -0.477 e. The summed E-state index contributed by atoms with van der Waals surface area (Å²) in [6.07, 6.45) is 3.61. The Labute approximate surface area is 166 Å². The first-order valence-corrected chi connectivity index (χ1v) is 10.8. The van der Waals surface area contributed by atoms with E-state index in [1.807, 2.05) is 6.07 Å². The van der Waals surface area contributed by atoms with E-state index in [-0.39, 0.29) is 23.4 Å². The molecule has 0 aliphatic heterocycles. The van der Waals surface area contributed by atoms with Crippen molar-refractivity contribution in [2.45, 2.75) is 51.1 Å². The summed E-state index contributed by atoms with van der Waals surface area (Å²) in [7, 11) is -3.58. The van der Waals surface area contributed by atoms with Crippen LogP contribution in [0.1, 0.15) is 49.5 Å². The quantitative estimate of drug-likeness (QED) is 0.593. The molecule has 152 valence electrons. The number of aromatic nitrogens is 1. The van der Waals surface area contributed by atoms with E-state index in [4.69, 9.17) is 4.74 Å². The average molecular weight is 406 g/mol. The van der Waals surface area contributed by atoms with Crippen molar-refractivity contribution in [1.82, 2.24) is 15.0 Å². The molecule has 1 heterocycles. The lowest BCUT2D eigenvalue weighted by Gasteiger charge is -2.12. The number of carbonyl (C=O) groups excluding carboxylic acids is 1. The molecule has 0 radical (unpaired) electrons. The van der Waals surface area contributed by atoms with Crippen LogP contribution in [0, 0.1) is 0 Å². The predicted octanol–water partition coefficient (Wildman–Crippen LogP) is 2.88. The van der Waals surface area contributed by atoms with Gasteiger partial charge >= 0.3 is 0 Å². The molecule has 0 fully saturated rings. The van der Waals surface area contributed by atoms with Gasteiger partial charge in [-0.1, -0.05) is 19.4 Å². The number of pyridine rings is 1. The molecule has 1 aromatic heterocycles. The maximum atomic E-state index is 12.4. The Morgan fingerprint density at radius 3 is 2.54 bits per heavy atom. The number of unbranched alkanes of at least 4 members (excludes halogenated alkanes) is 1. The standard InChI is InChI=1S/C20H27N3O4S/c1-4-5-13-27-20-17(7-6-12-21-20)14-22-19(24)16-8-10-18(11-9-16)28(25,26)23-15(2)3/h6-12,15,23H,4-5,13-14H2,1-3H3,(H,22,24). The molecule has 1 amide bonds. The fraction of sp³-hybridized carbons (Fsp3) is 0.400. The molecule has 0 unspecified atom stereocenters. The molecule has 0 atom stereocenters. The van der Waals surface area contributed by atoms with Crippen LogP contribution in [0.2, 0.25) is 0 Å². The van der Waals surface area contributed by atoms with E-state index in [2.05, 4.69) is 21.9 Å². The number of nitrogens with zero attached hydrogens (tertiary/aromatic N) is 1. The van der Waals surface area contributed by atoms with Crippen molar-refractivity contribution in [3.63, 3.8) is 0 Å². The number of sulfonamides is 1. The van der Waals surface area contributed by atoms with Crippen LogP contribution in [0.4, 0.5) is 0 Å². The van der Waals surface area contributed by atoms with E-state index >= 15 is 0 Å². The summed E-state index contributed by atoms with van der Waals surface area (Å²) < 4.78 is 32.5. The number of rotatable bonds is 10. The van der Waals surface area contributed by atoms with Gasteiger partial charge in [0.15, 0.2) is 0 Å². The van der Waals surface area contributed by atoms with Crippen molar-refractivity contribution in [1.29, 1.82) is 0 Å². The number of carbonyl (C=O) groups is 1. The number of hydrogen-bond donors (Lipinski definition) is 2. The zero-order valence-corrected chi connectivity index (χ0v) is 17.3. The molecule has 0 bridgehead atoms. The molecular weight excluding hydrogens is 378 g/mol. The topological polar surface area (TPSA) is 97.4 Å². The molecule has 0 aliphatic carbocycles. The lowest BCUT2D eigenvalue weighted by atomic mass is 10.2. The van der Waals surface area contributed by atoms with Gasteiger partial charge < -0.3 is 10.1 Å². The first-order chi connectivity index (χ1) is 13.3. The third-order valence-electron chi connectivity index (χ3n) is 3.84. The number of hydrogen-bond acceptors (Lipinski definition) is 5. The summed E-state index contributed by atoms with van der Waals surface area (Å²) in [5.74, 6) is 0.210. The molecule has 28 heavy (non-hydrogen) atoms. The highest BCUT2D eigenvalue weighted by Gasteiger charge is 2.16. The van der Waals surface area contributed by atoms with Gasteiger partial charge in [0.1, 0.15) is 0 Å². The molecule has 0 saturated carbocycles. The zero-order valence-electron chi connectivity index (χ0n) is 16.4. The number of amides is 1. The van der Waals surface area contributed by atoms with Crippen molar-refractivity contribution < 1.29 is 17.9 Å². The van der Waals surface area contributed by atoms with E-state index in [0.717, 1.165) is 18.4 Å². The highest BCUT2D eigenvalue weighted by molar-refractivity contribution is 7.89. The largest absolute Gasteiger partial charge is 0.477 e. The monoisotopic (exact) mass is 405 g/mol. The highest BCUT2D eigenvalue weighted by atomic mass is 32.2. The van der Waals surface area contributed by atoms with Crippen molar-refractivity contribution >= 4 is 15.9 Å². The lowest BCUT2D eigenvalue weighted by Crippen LogP contribution is -2.30. The van der Waals surface area contributed by atoms with Crippen molar-refractivity contribution in [2.75, 3.05) is 6.61 Å². The van der Waals surface area contributed by atoms with Crippen molar-refractivity contribution in [3.8, 4) is 5.88 Å². The van der Waals surface area contributed by atoms with E-state index in [1.54, 1.807) is 26.1 Å². The molecule has 2 N–H and O–H groups in total. The van der Waals surface area contributed by atoms with Crippen LogP contribution in [-0.4, -0.2) is 32.0 Å². The zero-order chi connectivity index (χ0) is 20.6. The van der Waals surface area contributed by atoms with Crippen LogP contribution in [0.5, 0.6) is 5.88 Å². The van der Waals surface area contributed by atoms with E-state index in [0.29, 0.717) is 18.1 Å². The Morgan fingerprint density at radius 1 is 1.18 bits per heavy atom. The Morgan fingerprint density at radius 2 is 1.89 bits per heavy atom. The van der Waals surface area contributed by atoms with E-state index in [9.17, 15) is 13.2 Å². The average Bonchev–Trinajstić information content (AvgIpc) is 2.66. The number of nitrogens with one attached hydrogen (secondary N) is 2. The summed E-state index contributed by atoms with van der Waals surface area (Å²) in [6.45, 7) is 6.42. The van der Waals surface area contributed by atoms with Crippen LogP contribution in [-0.2, 0) is 16.6 Å². The Bertz CT molecular complexity index is 881. The Hall–Kier alpha value is -2.45. The fourth-order valence-electron chi connectivity index (χ4n) is 2.44. The Kier molecular flexibility index (Phi) is 7.95. The second kappa shape index (κ2) is 10.2. The highest BCUT2D eigenvalue weighted by Crippen LogP contribution is 2.15. The van der Waals surface area contributed by atoms with E-state index in [1.165, 1.54) is 24.3 Å². The van der Waals surface area contributed by atoms with E-state index < -0.39 is 10.0 Å². The van der Waals surface area contributed by atoms with Crippen LogP contribution >= 0.6 is 0 Å². The Balaban J connectivity index is 2.01. The normalized spacial score (nSPS) is 11.4. The third-order valence-corrected chi connectivity index (χ3v) is 5.52.